The van der Waals surface area contributed by atoms with Gasteiger partial charge in [-0.1, -0.05) is 80.6 Å². The Labute approximate surface area is 169 Å². The van der Waals surface area contributed by atoms with E-state index in [4.69, 9.17) is 12.2 Å². The summed E-state index contributed by atoms with van der Waals surface area (Å²) in [6.45, 7) is 4.38. The van der Waals surface area contributed by atoms with E-state index >= 15 is 0 Å². The van der Waals surface area contributed by atoms with Crippen LogP contribution in [-0.2, 0) is 6.42 Å². The normalized spacial score (nSPS) is 11.7. The molecule has 140 valence electrons. The van der Waals surface area contributed by atoms with Crippen LogP contribution in [0.5, 0.6) is 0 Å². The Balaban J connectivity index is 1.63. The van der Waals surface area contributed by atoms with Gasteiger partial charge in [-0.3, -0.25) is 5.10 Å². The Kier molecular flexibility index (Phi) is 5.17. The van der Waals surface area contributed by atoms with Gasteiger partial charge in [0.05, 0.1) is 6.21 Å². The maximum Gasteiger partial charge on any atom is 0.216 e. The molecule has 4 nitrogen and oxygen atoms in total. The fourth-order valence-corrected chi connectivity index (χ4v) is 3.46. The first-order valence-corrected chi connectivity index (χ1v) is 9.80. The van der Waals surface area contributed by atoms with Crippen LogP contribution in [0.2, 0.25) is 0 Å². The zero-order valence-corrected chi connectivity index (χ0v) is 16.8. The van der Waals surface area contributed by atoms with Crippen molar-refractivity contribution in [3.8, 4) is 0 Å². The second-order valence-corrected chi connectivity index (χ2v) is 7.52. The van der Waals surface area contributed by atoms with E-state index in [9.17, 15) is 0 Å². The Hall–Kier alpha value is -3.05. The van der Waals surface area contributed by atoms with E-state index in [0.717, 1.165) is 11.4 Å². The molecule has 0 aliphatic heterocycles. The van der Waals surface area contributed by atoms with Crippen LogP contribution < -0.4 is 0 Å². The third-order valence-electron chi connectivity index (χ3n) is 4.87. The maximum absolute atomic E-state index is 5.39. The van der Waals surface area contributed by atoms with Gasteiger partial charge in [-0.05, 0) is 45.6 Å². The molecule has 0 aliphatic carbocycles. The minimum absolute atomic E-state index is 0.491. The minimum atomic E-state index is 0.491. The summed E-state index contributed by atoms with van der Waals surface area (Å²) in [5, 5.41) is 14.3. The summed E-state index contributed by atoms with van der Waals surface area (Å²) in [6.07, 6.45) is 2.47. The first kappa shape index (κ1) is 18.3. The molecule has 1 heterocycles. The third kappa shape index (κ3) is 3.80. The molecule has 0 saturated heterocycles. The van der Waals surface area contributed by atoms with Crippen LogP contribution in [-0.4, -0.2) is 21.1 Å². The quantitative estimate of drug-likeness (QED) is 0.354. The van der Waals surface area contributed by atoms with E-state index < -0.39 is 0 Å². The van der Waals surface area contributed by atoms with Gasteiger partial charge in [0, 0.05) is 6.42 Å². The number of H-pyrrole nitrogens is 1. The van der Waals surface area contributed by atoms with Gasteiger partial charge in [-0.25, -0.2) is 0 Å². The summed E-state index contributed by atoms with van der Waals surface area (Å²) < 4.78 is 2.19. The number of benzene rings is 3. The van der Waals surface area contributed by atoms with Crippen molar-refractivity contribution in [3.63, 3.8) is 0 Å². The third-order valence-corrected chi connectivity index (χ3v) is 5.14. The van der Waals surface area contributed by atoms with Crippen molar-refractivity contribution in [1.29, 1.82) is 0 Å². The maximum atomic E-state index is 5.39. The van der Waals surface area contributed by atoms with Gasteiger partial charge in [0.25, 0.3) is 0 Å². The molecule has 0 aliphatic rings. The van der Waals surface area contributed by atoms with Crippen LogP contribution in [0.1, 0.15) is 42.3 Å². The van der Waals surface area contributed by atoms with Gasteiger partial charge in [0.2, 0.25) is 4.77 Å². The van der Waals surface area contributed by atoms with E-state index in [1.165, 1.54) is 21.9 Å². The number of nitrogens with one attached hydrogen (secondary N) is 1. The Morgan fingerprint density at radius 1 is 1.04 bits per heavy atom. The van der Waals surface area contributed by atoms with Crippen molar-refractivity contribution >= 4 is 29.2 Å². The lowest BCUT2D eigenvalue weighted by atomic mass is 10.0. The summed E-state index contributed by atoms with van der Waals surface area (Å²) in [5.74, 6) is 1.30. The van der Waals surface area contributed by atoms with Crippen LogP contribution in [0.15, 0.2) is 71.8 Å². The molecule has 0 amide bonds. The van der Waals surface area contributed by atoms with Gasteiger partial charge in [0.15, 0.2) is 5.82 Å². The summed E-state index contributed by atoms with van der Waals surface area (Å²) in [4.78, 5) is 0. The highest BCUT2D eigenvalue weighted by Crippen LogP contribution is 2.21. The molecule has 3 aromatic carbocycles. The predicted octanol–water partition coefficient (Wildman–Crippen LogP) is 5.69. The van der Waals surface area contributed by atoms with Crippen LogP contribution in [0, 0.1) is 4.77 Å². The molecule has 0 saturated carbocycles. The van der Waals surface area contributed by atoms with Crippen molar-refractivity contribution in [2.24, 2.45) is 5.10 Å². The molecule has 1 N–H and O–H groups in total. The lowest BCUT2D eigenvalue weighted by molar-refractivity contribution is 0.793. The lowest BCUT2D eigenvalue weighted by Crippen LogP contribution is -2.01. The highest BCUT2D eigenvalue weighted by Gasteiger charge is 2.09. The largest absolute Gasteiger partial charge is 0.250 e. The number of hydrogen-bond donors (Lipinski definition) is 1. The Morgan fingerprint density at radius 3 is 2.57 bits per heavy atom. The van der Waals surface area contributed by atoms with Gasteiger partial charge in [-0.2, -0.15) is 14.9 Å². The number of fused-ring (bicyclic) bond motifs is 1. The van der Waals surface area contributed by atoms with Crippen molar-refractivity contribution in [1.82, 2.24) is 14.9 Å². The highest BCUT2D eigenvalue weighted by molar-refractivity contribution is 7.71. The summed E-state index contributed by atoms with van der Waals surface area (Å²) >= 11 is 5.39. The zero-order chi connectivity index (χ0) is 19.5. The SMILES string of the molecule is CC(C)c1ccc(/C=N\n2c(Cc3cccc4ccccc34)n[nH]c2=S)cc1. The first-order valence-electron chi connectivity index (χ1n) is 9.39. The average molecular weight is 387 g/mol. The second-order valence-electron chi connectivity index (χ2n) is 7.14. The van der Waals surface area contributed by atoms with Crippen LogP contribution in [0.3, 0.4) is 0 Å². The first-order chi connectivity index (χ1) is 13.6. The van der Waals surface area contributed by atoms with Gasteiger partial charge >= 0.3 is 0 Å². The molecule has 0 atom stereocenters. The average Bonchev–Trinajstić information content (AvgIpc) is 3.06. The molecule has 0 unspecified atom stereocenters. The second kappa shape index (κ2) is 7.90. The molecule has 0 radical (unpaired) electrons. The van der Waals surface area contributed by atoms with Gasteiger partial charge in [-0.15, -0.1) is 0 Å². The molecule has 4 rings (SSSR count). The highest BCUT2D eigenvalue weighted by atomic mass is 32.1. The van der Waals surface area contributed by atoms with E-state index in [-0.39, 0.29) is 0 Å². The summed E-state index contributed by atoms with van der Waals surface area (Å²) in [6, 6.07) is 23.1. The predicted molar refractivity (Wildman–Crippen MR) is 118 cm³/mol. The van der Waals surface area contributed by atoms with Crippen LogP contribution >= 0.6 is 12.2 Å². The number of nitrogens with zero attached hydrogens (tertiary/aromatic N) is 3. The molecule has 0 spiro atoms. The van der Waals surface area contributed by atoms with Crippen molar-refractivity contribution in [3.05, 3.63) is 94.0 Å². The number of hydrogen-bond acceptors (Lipinski definition) is 3. The van der Waals surface area contributed by atoms with Gasteiger partial charge in [0.1, 0.15) is 0 Å². The van der Waals surface area contributed by atoms with E-state index in [1.54, 1.807) is 4.68 Å². The van der Waals surface area contributed by atoms with Gasteiger partial charge < -0.3 is 0 Å². The monoisotopic (exact) mass is 386 g/mol. The molecule has 5 heteroatoms. The topological polar surface area (TPSA) is 46.0 Å². The summed E-state index contributed by atoms with van der Waals surface area (Å²) in [5.41, 5.74) is 3.54. The molecule has 1 aromatic heterocycles. The Bertz CT molecular complexity index is 1180. The van der Waals surface area contributed by atoms with E-state index in [0.29, 0.717) is 17.1 Å². The van der Waals surface area contributed by atoms with Crippen molar-refractivity contribution < 1.29 is 0 Å². The van der Waals surface area contributed by atoms with Crippen molar-refractivity contribution in [2.45, 2.75) is 26.2 Å². The molecule has 0 fully saturated rings. The van der Waals surface area contributed by atoms with Crippen LogP contribution in [0.4, 0.5) is 0 Å². The zero-order valence-electron chi connectivity index (χ0n) is 16.0. The number of rotatable bonds is 5. The molecular weight excluding hydrogens is 364 g/mol. The number of aromatic nitrogens is 3. The van der Waals surface area contributed by atoms with Crippen LogP contribution in [0.25, 0.3) is 10.8 Å². The molecule has 0 bridgehead atoms. The fourth-order valence-electron chi connectivity index (χ4n) is 3.27. The van der Waals surface area contributed by atoms with E-state index in [1.807, 2.05) is 6.21 Å². The smallest absolute Gasteiger partial charge is 0.216 e. The lowest BCUT2D eigenvalue weighted by Gasteiger charge is -2.06. The molecule has 4 aromatic rings. The molecular formula is C23H22N4S. The summed E-state index contributed by atoms with van der Waals surface area (Å²) in [7, 11) is 0. The standard InChI is InChI=1S/C23H22N4S/c1-16(2)18-12-10-17(11-13-18)15-24-27-22(25-26-23(27)28)14-20-8-5-7-19-6-3-4-9-21(19)20/h3-13,15-16H,14H2,1-2H3,(H,26,28)/b24-15-. The number of aromatic amines is 1. The Morgan fingerprint density at radius 2 is 1.79 bits per heavy atom. The minimum Gasteiger partial charge on any atom is -0.250 e. The van der Waals surface area contributed by atoms with E-state index in [2.05, 4.69) is 95.9 Å². The fraction of sp³-hybridized carbons (Fsp3) is 0.174. The van der Waals surface area contributed by atoms with Crippen molar-refractivity contribution in [2.75, 3.05) is 0 Å². The molecule has 28 heavy (non-hydrogen) atoms.